The highest BCUT2D eigenvalue weighted by atomic mass is 32.2. The minimum atomic E-state index is -1.77. The second-order valence-electron chi connectivity index (χ2n) is 4.86. The molecule has 0 aromatic carbocycles. The lowest BCUT2D eigenvalue weighted by atomic mass is 10.0. The van der Waals surface area contributed by atoms with Crippen molar-refractivity contribution in [1.82, 2.24) is 14.1 Å². The molecule has 2 saturated heterocycles. The molecule has 1 unspecified atom stereocenters. The van der Waals surface area contributed by atoms with Crippen molar-refractivity contribution >= 4 is 11.3 Å². The summed E-state index contributed by atoms with van der Waals surface area (Å²) in [4.78, 5) is 5.04. The van der Waals surface area contributed by atoms with E-state index in [2.05, 4.69) is 16.7 Å². The number of likely N-dealkylation sites (N-methyl/N-ethyl adjacent to an activating group) is 1. The van der Waals surface area contributed by atoms with E-state index in [9.17, 15) is 4.21 Å². The van der Waals surface area contributed by atoms with Crippen LogP contribution in [0.1, 0.15) is 19.8 Å². The summed E-state index contributed by atoms with van der Waals surface area (Å²) in [6.07, 6.45) is 2.05. The van der Waals surface area contributed by atoms with Gasteiger partial charge >= 0.3 is 0 Å². The molecule has 5 nitrogen and oxygen atoms in total. The summed E-state index contributed by atoms with van der Waals surface area (Å²) in [7, 11) is 0. The van der Waals surface area contributed by atoms with Crippen LogP contribution in [0, 0.1) is 0 Å². The van der Waals surface area contributed by atoms with Gasteiger partial charge in [0.25, 0.3) is 0 Å². The van der Waals surface area contributed by atoms with Crippen LogP contribution in [0.4, 0.5) is 0 Å². The molecule has 2 heterocycles. The molecule has 0 saturated carbocycles. The molecule has 2 aliphatic rings. The van der Waals surface area contributed by atoms with Crippen LogP contribution in [0.3, 0.4) is 0 Å². The average Bonchev–Trinajstić information content (AvgIpc) is 2.39. The van der Waals surface area contributed by atoms with E-state index in [1.54, 1.807) is 4.31 Å². The van der Waals surface area contributed by atoms with Gasteiger partial charge in [0.2, 0.25) is 11.3 Å². The Morgan fingerprint density at radius 3 is 2.18 bits per heavy atom. The SMILES string of the molecule is CCN1CCN(C2CCN(S(=O)O)CC2)CC1. The molecule has 17 heavy (non-hydrogen) atoms. The Kier molecular flexibility index (Phi) is 4.93. The van der Waals surface area contributed by atoms with Crippen molar-refractivity contribution in [2.45, 2.75) is 25.8 Å². The Morgan fingerprint density at radius 1 is 1.12 bits per heavy atom. The summed E-state index contributed by atoms with van der Waals surface area (Å²) in [5.41, 5.74) is 0. The van der Waals surface area contributed by atoms with Gasteiger partial charge in [-0.2, -0.15) is 0 Å². The first kappa shape index (κ1) is 13.4. The second kappa shape index (κ2) is 6.24. The van der Waals surface area contributed by atoms with E-state index in [4.69, 9.17) is 4.55 Å². The van der Waals surface area contributed by atoms with Crippen molar-refractivity contribution in [2.75, 3.05) is 45.8 Å². The molecule has 0 amide bonds. The van der Waals surface area contributed by atoms with Gasteiger partial charge in [0.1, 0.15) is 0 Å². The average molecular weight is 261 g/mol. The standard InChI is InChI=1S/C11H23N3O2S/c1-2-12-7-9-13(10-8-12)11-3-5-14(6-4-11)17(15)16/h11H,2-10H2,1H3,(H,15,16). The van der Waals surface area contributed by atoms with E-state index in [0.717, 1.165) is 45.6 Å². The number of piperidine rings is 1. The molecular weight excluding hydrogens is 238 g/mol. The van der Waals surface area contributed by atoms with Crippen LogP contribution in [-0.4, -0.2) is 74.7 Å². The molecule has 0 radical (unpaired) electrons. The Morgan fingerprint density at radius 2 is 1.71 bits per heavy atom. The van der Waals surface area contributed by atoms with Crippen molar-refractivity contribution in [3.63, 3.8) is 0 Å². The van der Waals surface area contributed by atoms with E-state index in [1.165, 1.54) is 13.1 Å². The molecule has 2 aliphatic heterocycles. The fraction of sp³-hybridized carbons (Fsp3) is 1.00. The molecule has 2 fully saturated rings. The minimum Gasteiger partial charge on any atom is -0.301 e. The molecule has 0 bridgehead atoms. The number of nitrogens with zero attached hydrogens (tertiary/aromatic N) is 3. The first-order valence-electron chi connectivity index (χ1n) is 6.53. The zero-order chi connectivity index (χ0) is 12.3. The Balaban J connectivity index is 1.76. The lowest BCUT2D eigenvalue weighted by Crippen LogP contribution is -2.53. The zero-order valence-corrected chi connectivity index (χ0v) is 11.4. The van der Waals surface area contributed by atoms with Crippen LogP contribution in [0.25, 0.3) is 0 Å². The maximum absolute atomic E-state index is 10.9. The van der Waals surface area contributed by atoms with Gasteiger partial charge < -0.3 is 4.90 Å². The monoisotopic (exact) mass is 261 g/mol. The third kappa shape index (κ3) is 3.48. The summed E-state index contributed by atoms with van der Waals surface area (Å²) >= 11 is -1.77. The Labute approximate surface area is 106 Å². The summed E-state index contributed by atoms with van der Waals surface area (Å²) in [6.45, 7) is 9.51. The number of hydrogen-bond acceptors (Lipinski definition) is 3. The lowest BCUT2D eigenvalue weighted by molar-refractivity contribution is 0.0749. The molecular formula is C11H23N3O2S. The highest BCUT2D eigenvalue weighted by molar-refractivity contribution is 7.76. The maximum atomic E-state index is 10.9. The van der Waals surface area contributed by atoms with Crippen LogP contribution in [0.15, 0.2) is 0 Å². The summed E-state index contributed by atoms with van der Waals surface area (Å²) in [5.74, 6) is 0. The fourth-order valence-electron chi connectivity index (χ4n) is 2.81. The third-order valence-corrected chi connectivity index (χ3v) is 4.82. The summed E-state index contributed by atoms with van der Waals surface area (Å²) < 4.78 is 21.6. The lowest BCUT2D eigenvalue weighted by Gasteiger charge is -2.41. The Hall–Kier alpha value is -0.0100. The second-order valence-corrected chi connectivity index (χ2v) is 5.84. The minimum absolute atomic E-state index is 0.619. The van der Waals surface area contributed by atoms with E-state index < -0.39 is 11.3 Å². The molecule has 0 aromatic rings. The molecule has 6 heteroatoms. The smallest absolute Gasteiger partial charge is 0.234 e. The van der Waals surface area contributed by atoms with Gasteiger partial charge in [-0.05, 0) is 19.4 Å². The van der Waals surface area contributed by atoms with E-state index in [1.807, 2.05) is 0 Å². The van der Waals surface area contributed by atoms with Gasteiger partial charge in [0.15, 0.2) is 0 Å². The van der Waals surface area contributed by atoms with E-state index in [-0.39, 0.29) is 0 Å². The predicted octanol–water partition coefficient (Wildman–Crippen LogP) is 0.225. The van der Waals surface area contributed by atoms with Crippen molar-refractivity contribution in [1.29, 1.82) is 0 Å². The van der Waals surface area contributed by atoms with Crippen molar-refractivity contribution < 1.29 is 8.76 Å². The van der Waals surface area contributed by atoms with Crippen molar-refractivity contribution in [3.8, 4) is 0 Å². The number of rotatable bonds is 3. The summed E-state index contributed by atoms with van der Waals surface area (Å²) in [6, 6.07) is 0.619. The topological polar surface area (TPSA) is 47.0 Å². The molecule has 2 rings (SSSR count). The quantitative estimate of drug-likeness (QED) is 0.739. The molecule has 0 aliphatic carbocycles. The van der Waals surface area contributed by atoms with E-state index in [0.29, 0.717) is 6.04 Å². The van der Waals surface area contributed by atoms with Crippen molar-refractivity contribution in [2.24, 2.45) is 0 Å². The fourth-order valence-corrected chi connectivity index (χ4v) is 3.33. The molecule has 0 aromatic heterocycles. The van der Waals surface area contributed by atoms with Crippen LogP contribution in [-0.2, 0) is 11.3 Å². The highest BCUT2D eigenvalue weighted by Gasteiger charge is 2.28. The Bertz CT molecular complexity index is 261. The number of piperazine rings is 1. The molecule has 100 valence electrons. The van der Waals surface area contributed by atoms with Gasteiger partial charge in [-0.25, -0.2) is 8.51 Å². The van der Waals surface area contributed by atoms with Crippen molar-refractivity contribution in [3.05, 3.63) is 0 Å². The van der Waals surface area contributed by atoms with Crippen LogP contribution < -0.4 is 0 Å². The first-order valence-corrected chi connectivity index (χ1v) is 7.59. The van der Waals surface area contributed by atoms with Gasteiger partial charge in [0, 0.05) is 45.3 Å². The van der Waals surface area contributed by atoms with Gasteiger partial charge in [-0.1, -0.05) is 6.92 Å². The third-order valence-electron chi connectivity index (χ3n) is 4.01. The maximum Gasteiger partial charge on any atom is 0.234 e. The van der Waals surface area contributed by atoms with Gasteiger partial charge in [-0.15, -0.1) is 0 Å². The van der Waals surface area contributed by atoms with Crippen LogP contribution in [0.5, 0.6) is 0 Å². The number of hydrogen-bond donors (Lipinski definition) is 1. The highest BCUT2D eigenvalue weighted by Crippen LogP contribution is 2.18. The van der Waals surface area contributed by atoms with E-state index >= 15 is 0 Å². The first-order chi connectivity index (χ1) is 8.20. The van der Waals surface area contributed by atoms with Crippen LogP contribution >= 0.6 is 0 Å². The normalized spacial score (nSPS) is 28.4. The summed E-state index contributed by atoms with van der Waals surface area (Å²) in [5, 5.41) is 0. The molecule has 1 atom stereocenters. The largest absolute Gasteiger partial charge is 0.301 e. The van der Waals surface area contributed by atoms with Gasteiger partial charge in [0.05, 0.1) is 0 Å². The van der Waals surface area contributed by atoms with Gasteiger partial charge in [-0.3, -0.25) is 9.45 Å². The van der Waals surface area contributed by atoms with Crippen LogP contribution in [0.2, 0.25) is 0 Å². The molecule has 1 N–H and O–H groups in total. The predicted molar refractivity (Wildman–Crippen MR) is 69.1 cm³/mol. The molecule has 0 spiro atoms. The zero-order valence-electron chi connectivity index (χ0n) is 10.5.